The molecule has 1 aromatic heterocycles. The summed E-state index contributed by atoms with van der Waals surface area (Å²) in [5, 5.41) is 0. The van der Waals surface area contributed by atoms with Crippen molar-refractivity contribution in [2.45, 2.75) is 26.4 Å². The maximum Gasteiger partial charge on any atom is 0.284 e. The third-order valence-corrected chi connectivity index (χ3v) is 1.12. The average Bonchev–Trinajstić information content (AvgIpc) is 2.10. The van der Waals surface area contributed by atoms with Crippen molar-refractivity contribution in [1.29, 1.82) is 0 Å². The fourth-order valence-electron chi connectivity index (χ4n) is 0.798. The smallest absolute Gasteiger partial charge is 0.284 e. The maximum atomic E-state index is 5.52. The summed E-state index contributed by atoms with van der Waals surface area (Å²) in [5.74, 6) is 0. The number of rotatable bonds is 1. The summed E-state index contributed by atoms with van der Waals surface area (Å²) >= 11 is 0. The van der Waals surface area contributed by atoms with Gasteiger partial charge in [0.1, 0.15) is 6.20 Å². The van der Waals surface area contributed by atoms with Gasteiger partial charge in [0.15, 0.2) is 11.8 Å². The first-order chi connectivity index (χ1) is 4.97. The van der Waals surface area contributed by atoms with Crippen molar-refractivity contribution in [3.63, 3.8) is 0 Å². The number of aromatic nitrogens is 2. The molecular weight excluding hydrogens is 140 g/mol. The van der Waals surface area contributed by atoms with Gasteiger partial charge < -0.3 is 4.84 Å². The Morgan fingerprint density at radius 2 is 2.00 bits per heavy atom. The zero-order valence-electron chi connectivity index (χ0n) is 7.53. The molecule has 0 aliphatic carbocycles. The second kappa shape index (κ2) is 2.57. The average molecular weight is 155 g/mol. The van der Waals surface area contributed by atoms with E-state index >= 15 is 0 Å². The largest absolute Gasteiger partial charge is 0.330 e. The Labute approximate surface area is 67.2 Å². The van der Waals surface area contributed by atoms with Crippen LogP contribution >= 0.6 is 0 Å². The highest BCUT2D eigenvalue weighted by Crippen LogP contribution is 2.01. The Morgan fingerprint density at radius 1 is 1.36 bits per heavy atom. The molecule has 0 saturated heterocycles. The van der Waals surface area contributed by atoms with Crippen molar-refractivity contribution < 1.29 is 9.40 Å². The third-order valence-electron chi connectivity index (χ3n) is 1.12. The van der Waals surface area contributed by atoms with Crippen molar-refractivity contribution in [2.24, 2.45) is 7.05 Å². The minimum absolute atomic E-state index is 0.133. The van der Waals surface area contributed by atoms with Crippen LogP contribution in [0.5, 0.6) is 0 Å². The standard InChI is InChI=1S/C8H15N2O/c1-8(2,3)11-10-6-5-9(4)7-10/h5-7H,1-4H3/q+1. The molecule has 1 heterocycles. The lowest BCUT2D eigenvalue weighted by Crippen LogP contribution is -2.32. The van der Waals surface area contributed by atoms with Gasteiger partial charge in [-0.25, -0.2) is 4.57 Å². The van der Waals surface area contributed by atoms with E-state index in [1.54, 1.807) is 4.73 Å². The van der Waals surface area contributed by atoms with Crippen molar-refractivity contribution in [3.8, 4) is 0 Å². The van der Waals surface area contributed by atoms with Gasteiger partial charge >= 0.3 is 0 Å². The monoisotopic (exact) mass is 155 g/mol. The lowest BCUT2D eigenvalue weighted by atomic mass is 10.2. The fraction of sp³-hybridized carbons (Fsp3) is 0.625. The molecule has 0 bridgehead atoms. The molecule has 0 unspecified atom stereocenters. The highest BCUT2D eigenvalue weighted by molar-refractivity contribution is 4.65. The molecule has 0 saturated carbocycles. The zero-order chi connectivity index (χ0) is 8.48. The molecule has 0 spiro atoms. The molecule has 11 heavy (non-hydrogen) atoms. The summed E-state index contributed by atoms with van der Waals surface area (Å²) < 4.78 is 3.64. The molecular formula is C8H15N2O+. The molecule has 1 aromatic rings. The topological polar surface area (TPSA) is 18.0 Å². The van der Waals surface area contributed by atoms with Gasteiger partial charge in [0, 0.05) is 0 Å². The van der Waals surface area contributed by atoms with Crippen LogP contribution in [0.25, 0.3) is 0 Å². The predicted octanol–water partition coefficient (Wildman–Crippen LogP) is 0.540. The van der Waals surface area contributed by atoms with Gasteiger partial charge in [-0.05, 0) is 20.8 Å². The van der Waals surface area contributed by atoms with E-state index in [2.05, 4.69) is 0 Å². The Bertz CT molecular complexity index is 234. The van der Waals surface area contributed by atoms with Crippen LogP contribution in [0.4, 0.5) is 0 Å². The Balaban J connectivity index is 2.65. The molecule has 62 valence electrons. The van der Waals surface area contributed by atoms with Gasteiger partial charge in [-0.2, -0.15) is 0 Å². The van der Waals surface area contributed by atoms with Crippen LogP contribution in [0, 0.1) is 0 Å². The molecule has 1 rings (SSSR count). The quantitative estimate of drug-likeness (QED) is 0.541. The lowest BCUT2D eigenvalue weighted by Gasteiger charge is -2.14. The second-order valence-electron chi connectivity index (χ2n) is 3.64. The molecule has 0 amide bonds. The van der Waals surface area contributed by atoms with Gasteiger partial charge in [0.2, 0.25) is 0 Å². The summed E-state index contributed by atoms with van der Waals surface area (Å²) in [6.07, 6.45) is 5.70. The van der Waals surface area contributed by atoms with E-state index < -0.39 is 0 Å². The summed E-state index contributed by atoms with van der Waals surface area (Å²) in [7, 11) is 1.96. The van der Waals surface area contributed by atoms with E-state index in [1.165, 1.54) is 0 Å². The van der Waals surface area contributed by atoms with Crippen LogP contribution in [-0.4, -0.2) is 10.3 Å². The maximum absolute atomic E-state index is 5.52. The van der Waals surface area contributed by atoms with Gasteiger partial charge in [-0.15, -0.1) is 0 Å². The molecule has 0 aromatic carbocycles. The summed E-state index contributed by atoms with van der Waals surface area (Å²) in [5.41, 5.74) is -0.133. The number of hydrogen-bond acceptors (Lipinski definition) is 1. The van der Waals surface area contributed by atoms with Gasteiger partial charge in [-0.1, -0.05) is 4.73 Å². The Morgan fingerprint density at radius 3 is 2.36 bits per heavy atom. The second-order valence-corrected chi connectivity index (χ2v) is 3.64. The van der Waals surface area contributed by atoms with Crippen molar-refractivity contribution in [2.75, 3.05) is 0 Å². The van der Waals surface area contributed by atoms with Crippen LogP contribution in [0.2, 0.25) is 0 Å². The number of aryl methyl sites for hydroxylation is 1. The summed E-state index contributed by atoms with van der Waals surface area (Å²) in [6.45, 7) is 6.06. The molecule has 0 fully saturated rings. The first-order valence-corrected chi connectivity index (χ1v) is 3.70. The number of nitrogens with zero attached hydrogens (tertiary/aromatic N) is 2. The van der Waals surface area contributed by atoms with E-state index in [9.17, 15) is 0 Å². The van der Waals surface area contributed by atoms with Crippen molar-refractivity contribution >= 4 is 0 Å². The third kappa shape index (κ3) is 2.62. The first kappa shape index (κ1) is 8.11. The van der Waals surface area contributed by atoms with E-state index in [1.807, 2.05) is 51.1 Å². The molecule has 0 N–H and O–H groups in total. The zero-order valence-corrected chi connectivity index (χ0v) is 7.53. The molecule has 3 heteroatoms. The predicted molar refractivity (Wildman–Crippen MR) is 41.9 cm³/mol. The summed E-state index contributed by atoms with van der Waals surface area (Å²) in [4.78, 5) is 5.52. The van der Waals surface area contributed by atoms with Crippen molar-refractivity contribution in [3.05, 3.63) is 18.7 Å². The van der Waals surface area contributed by atoms with Crippen molar-refractivity contribution in [1.82, 2.24) is 4.73 Å². The first-order valence-electron chi connectivity index (χ1n) is 3.70. The Hall–Kier alpha value is -0.990. The summed E-state index contributed by atoms with van der Waals surface area (Å²) in [6, 6.07) is 0. The van der Waals surface area contributed by atoms with E-state index in [-0.39, 0.29) is 5.60 Å². The normalized spacial score (nSPS) is 11.6. The van der Waals surface area contributed by atoms with E-state index in [0.29, 0.717) is 0 Å². The lowest BCUT2D eigenvalue weighted by molar-refractivity contribution is -0.672. The van der Waals surface area contributed by atoms with E-state index in [4.69, 9.17) is 4.84 Å². The minimum Gasteiger partial charge on any atom is -0.330 e. The van der Waals surface area contributed by atoms with Crippen LogP contribution in [0.3, 0.4) is 0 Å². The van der Waals surface area contributed by atoms with Crippen LogP contribution in [-0.2, 0) is 7.05 Å². The number of imidazole rings is 1. The highest BCUT2D eigenvalue weighted by atomic mass is 16.7. The molecule has 0 radical (unpaired) electrons. The van der Waals surface area contributed by atoms with E-state index in [0.717, 1.165) is 0 Å². The fourth-order valence-corrected chi connectivity index (χ4v) is 0.798. The van der Waals surface area contributed by atoms with Crippen LogP contribution < -0.4 is 9.40 Å². The van der Waals surface area contributed by atoms with Gasteiger partial charge in [0.25, 0.3) is 6.33 Å². The van der Waals surface area contributed by atoms with Crippen LogP contribution in [0.15, 0.2) is 18.7 Å². The number of hydrogen-bond donors (Lipinski definition) is 0. The van der Waals surface area contributed by atoms with Crippen LogP contribution in [0.1, 0.15) is 20.8 Å². The molecule has 0 aliphatic rings. The Kier molecular flexibility index (Phi) is 1.89. The highest BCUT2D eigenvalue weighted by Gasteiger charge is 2.15. The van der Waals surface area contributed by atoms with Gasteiger partial charge in [-0.3, -0.25) is 0 Å². The molecule has 0 atom stereocenters. The minimum atomic E-state index is -0.133. The molecule has 3 nitrogen and oxygen atoms in total. The SMILES string of the molecule is C[n+]1ccn(OC(C)(C)C)c1. The van der Waals surface area contributed by atoms with Gasteiger partial charge in [0.05, 0.1) is 7.05 Å². The molecule has 0 aliphatic heterocycles.